The van der Waals surface area contributed by atoms with E-state index in [0.29, 0.717) is 16.3 Å². The van der Waals surface area contributed by atoms with Crippen LogP contribution in [0.2, 0.25) is 5.02 Å². The van der Waals surface area contributed by atoms with Crippen LogP contribution < -0.4 is 5.32 Å². The minimum Gasteiger partial charge on any atom is -0.319 e. The third-order valence-corrected chi connectivity index (χ3v) is 3.96. The first-order valence-electron chi connectivity index (χ1n) is 4.32. The Kier molecular flexibility index (Phi) is 3.78. The lowest BCUT2D eigenvalue weighted by Crippen LogP contribution is -2.11. The van der Waals surface area contributed by atoms with Crippen LogP contribution in [0.25, 0.3) is 0 Å². The molecule has 2 aromatic heterocycles. The first-order chi connectivity index (χ1) is 7.66. The molecule has 0 aliphatic rings. The van der Waals surface area contributed by atoms with Crippen LogP contribution in [0.5, 0.6) is 0 Å². The fourth-order valence-corrected chi connectivity index (χ4v) is 2.57. The summed E-state index contributed by atoms with van der Waals surface area (Å²) in [5.41, 5.74) is 1.16. The van der Waals surface area contributed by atoms with E-state index in [1.54, 1.807) is 17.6 Å². The Morgan fingerprint density at radius 2 is 2.38 bits per heavy atom. The van der Waals surface area contributed by atoms with Crippen molar-refractivity contribution >= 4 is 57.1 Å². The minimum absolute atomic E-state index is 0.172. The smallest absolute Gasteiger partial charge is 0.256 e. The second kappa shape index (κ2) is 5.11. The number of rotatable bonds is 2. The first-order valence-corrected chi connectivity index (χ1v) is 6.65. The van der Waals surface area contributed by atoms with Crippen molar-refractivity contribution in [1.29, 1.82) is 0 Å². The molecule has 82 valence electrons. The van der Waals surface area contributed by atoms with Gasteiger partial charge in [0.1, 0.15) is 0 Å². The molecular formula is C10H6ClIN2OS. The third kappa shape index (κ3) is 2.72. The van der Waals surface area contributed by atoms with E-state index < -0.39 is 0 Å². The van der Waals surface area contributed by atoms with Crippen molar-refractivity contribution in [2.24, 2.45) is 0 Å². The monoisotopic (exact) mass is 364 g/mol. The van der Waals surface area contributed by atoms with Gasteiger partial charge in [-0.2, -0.15) is 0 Å². The Morgan fingerprint density at radius 3 is 3.00 bits per heavy atom. The lowest BCUT2D eigenvalue weighted by molar-refractivity contribution is 0.102. The number of carbonyl (C=O) groups excluding carboxylic acids is 1. The molecule has 0 saturated carbocycles. The number of halogens is 2. The van der Waals surface area contributed by atoms with Crippen LogP contribution in [-0.4, -0.2) is 10.9 Å². The molecule has 2 heterocycles. The maximum atomic E-state index is 11.8. The average molecular weight is 365 g/mol. The van der Waals surface area contributed by atoms with Gasteiger partial charge in [0.05, 0.1) is 25.4 Å². The number of nitrogens with one attached hydrogen (secondary N) is 1. The number of nitrogens with zero attached hydrogens (tertiary/aromatic N) is 1. The summed E-state index contributed by atoms with van der Waals surface area (Å²) >= 11 is 9.60. The highest BCUT2D eigenvalue weighted by atomic mass is 127. The molecule has 0 radical (unpaired) electrons. The van der Waals surface area contributed by atoms with Crippen molar-refractivity contribution in [2.75, 3.05) is 5.32 Å². The summed E-state index contributed by atoms with van der Waals surface area (Å²) < 4.78 is 1.07. The molecule has 1 N–H and O–H groups in total. The SMILES string of the molecule is O=C(Nc1cnccc1Cl)c1csc(I)c1. The Labute approximate surface area is 115 Å². The van der Waals surface area contributed by atoms with Crippen molar-refractivity contribution in [3.8, 4) is 0 Å². The maximum Gasteiger partial charge on any atom is 0.256 e. The van der Waals surface area contributed by atoms with E-state index in [2.05, 4.69) is 32.9 Å². The number of amides is 1. The first kappa shape index (κ1) is 11.8. The van der Waals surface area contributed by atoms with Crippen molar-refractivity contribution < 1.29 is 4.79 Å². The van der Waals surface area contributed by atoms with Gasteiger partial charge in [-0.25, -0.2) is 0 Å². The molecule has 0 aliphatic heterocycles. The van der Waals surface area contributed by atoms with Gasteiger partial charge in [0.15, 0.2) is 0 Å². The van der Waals surface area contributed by atoms with E-state index in [9.17, 15) is 4.79 Å². The highest BCUT2D eigenvalue weighted by Crippen LogP contribution is 2.21. The van der Waals surface area contributed by atoms with E-state index in [1.165, 1.54) is 17.5 Å². The Hall–Kier alpha value is -0.660. The second-order valence-electron chi connectivity index (χ2n) is 2.95. The fourth-order valence-electron chi connectivity index (χ4n) is 1.09. The zero-order chi connectivity index (χ0) is 11.5. The molecule has 0 bridgehead atoms. The van der Waals surface area contributed by atoms with Gasteiger partial charge in [0.25, 0.3) is 5.91 Å². The summed E-state index contributed by atoms with van der Waals surface area (Å²) in [4.78, 5) is 15.7. The predicted molar refractivity (Wildman–Crippen MR) is 74.2 cm³/mol. The minimum atomic E-state index is -0.172. The van der Waals surface area contributed by atoms with Gasteiger partial charge >= 0.3 is 0 Å². The van der Waals surface area contributed by atoms with E-state index in [0.717, 1.165) is 2.88 Å². The molecule has 0 fully saturated rings. The largest absolute Gasteiger partial charge is 0.319 e. The standard InChI is InChI=1S/C10H6ClIN2OS/c11-7-1-2-13-4-8(7)14-10(15)6-3-9(12)16-5-6/h1-5H,(H,14,15). The molecule has 0 unspecified atom stereocenters. The van der Waals surface area contributed by atoms with E-state index in [-0.39, 0.29) is 5.91 Å². The van der Waals surface area contributed by atoms with Crippen LogP contribution in [0, 0.1) is 2.88 Å². The van der Waals surface area contributed by atoms with Crippen LogP contribution in [-0.2, 0) is 0 Å². The van der Waals surface area contributed by atoms with E-state index in [1.807, 2.05) is 6.07 Å². The molecule has 2 aromatic rings. The summed E-state index contributed by atoms with van der Waals surface area (Å²) in [6.45, 7) is 0. The molecule has 1 amide bonds. The topological polar surface area (TPSA) is 42.0 Å². The van der Waals surface area contributed by atoms with Gasteiger partial charge in [0, 0.05) is 11.6 Å². The highest BCUT2D eigenvalue weighted by molar-refractivity contribution is 14.1. The van der Waals surface area contributed by atoms with Crippen LogP contribution in [0.15, 0.2) is 29.9 Å². The molecule has 3 nitrogen and oxygen atoms in total. The summed E-state index contributed by atoms with van der Waals surface area (Å²) in [7, 11) is 0. The van der Waals surface area contributed by atoms with Crippen molar-refractivity contribution in [3.63, 3.8) is 0 Å². The predicted octanol–water partition coefficient (Wildman–Crippen LogP) is 3.65. The zero-order valence-corrected chi connectivity index (χ0v) is 11.6. The summed E-state index contributed by atoms with van der Waals surface area (Å²) in [6.07, 6.45) is 3.10. The summed E-state index contributed by atoms with van der Waals surface area (Å²) in [5, 5.41) is 5.00. The van der Waals surface area contributed by atoms with Gasteiger partial charge in [-0.05, 0) is 34.7 Å². The molecule has 0 saturated heterocycles. The van der Waals surface area contributed by atoms with Crippen LogP contribution in [0.1, 0.15) is 10.4 Å². The van der Waals surface area contributed by atoms with Gasteiger partial charge in [-0.3, -0.25) is 9.78 Å². The molecule has 16 heavy (non-hydrogen) atoms. The summed E-state index contributed by atoms with van der Waals surface area (Å²) in [5.74, 6) is -0.172. The third-order valence-electron chi connectivity index (χ3n) is 1.85. The number of thiophene rings is 1. The lowest BCUT2D eigenvalue weighted by Gasteiger charge is -2.04. The number of aromatic nitrogens is 1. The molecular weight excluding hydrogens is 359 g/mol. The number of hydrogen-bond donors (Lipinski definition) is 1. The van der Waals surface area contributed by atoms with E-state index in [4.69, 9.17) is 11.6 Å². The van der Waals surface area contributed by atoms with Gasteiger partial charge in [0.2, 0.25) is 0 Å². The van der Waals surface area contributed by atoms with Crippen molar-refractivity contribution in [1.82, 2.24) is 4.98 Å². The number of anilines is 1. The average Bonchev–Trinajstić information content (AvgIpc) is 2.68. The van der Waals surface area contributed by atoms with Crippen molar-refractivity contribution in [2.45, 2.75) is 0 Å². The maximum absolute atomic E-state index is 11.8. The Morgan fingerprint density at radius 1 is 1.56 bits per heavy atom. The molecule has 2 rings (SSSR count). The lowest BCUT2D eigenvalue weighted by atomic mass is 10.3. The summed E-state index contributed by atoms with van der Waals surface area (Å²) in [6, 6.07) is 3.46. The Balaban J connectivity index is 2.17. The second-order valence-corrected chi connectivity index (χ2v) is 6.16. The quantitative estimate of drug-likeness (QED) is 0.827. The van der Waals surface area contributed by atoms with Crippen LogP contribution in [0.3, 0.4) is 0 Å². The van der Waals surface area contributed by atoms with Gasteiger partial charge < -0.3 is 5.32 Å². The number of hydrogen-bond acceptors (Lipinski definition) is 3. The number of carbonyl (C=O) groups is 1. The van der Waals surface area contributed by atoms with Gasteiger partial charge in [-0.15, -0.1) is 11.3 Å². The molecule has 0 aromatic carbocycles. The molecule has 0 spiro atoms. The normalized spacial score (nSPS) is 10.1. The molecule has 6 heteroatoms. The van der Waals surface area contributed by atoms with Gasteiger partial charge in [-0.1, -0.05) is 11.6 Å². The van der Waals surface area contributed by atoms with Crippen LogP contribution >= 0.6 is 45.5 Å². The zero-order valence-electron chi connectivity index (χ0n) is 7.91. The highest BCUT2D eigenvalue weighted by Gasteiger charge is 2.09. The Bertz CT molecular complexity index is 529. The van der Waals surface area contributed by atoms with Crippen molar-refractivity contribution in [3.05, 3.63) is 43.4 Å². The number of pyridine rings is 1. The molecule has 0 aliphatic carbocycles. The fraction of sp³-hybridized carbons (Fsp3) is 0. The van der Waals surface area contributed by atoms with Crippen LogP contribution in [0.4, 0.5) is 5.69 Å². The molecule has 0 atom stereocenters. The van der Waals surface area contributed by atoms with E-state index >= 15 is 0 Å².